The molecule has 3 unspecified atom stereocenters. The first kappa shape index (κ1) is 22.1. The Kier molecular flexibility index (Phi) is 6.70. The molecule has 0 radical (unpaired) electrons. The van der Waals surface area contributed by atoms with Gasteiger partial charge in [0.25, 0.3) is 0 Å². The summed E-state index contributed by atoms with van der Waals surface area (Å²) in [5.41, 5.74) is 5.77. The van der Waals surface area contributed by atoms with Crippen molar-refractivity contribution in [3.8, 4) is 0 Å². The Morgan fingerprint density at radius 1 is 1.30 bits per heavy atom. The standard InChI is InChI=1S/C21H25FN2O5S/c1-12(2)18-15-10-16(30(28)9-3-4-17(23)25)19(24(15)20(18)26)21(27)29-11-13-5-7-14(22)8-6-13/h5-8,12,15,18H,3-4,9-11H2,1-2H3,(H2,23,25). The van der Waals surface area contributed by atoms with E-state index in [1.54, 1.807) is 0 Å². The predicted octanol–water partition coefficient (Wildman–Crippen LogP) is 1.98. The van der Waals surface area contributed by atoms with Gasteiger partial charge in [0.1, 0.15) is 18.1 Å². The summed E-state index contributed by atoms with van der Waals surface area (Å²) in [6.07, 6.45) is 0.776. The van der Waals surface area contributed by atoms with Crippen LogP contribution in [0.1, 0.15) is 38.7 Å². The third kappa shape index (κ3) is 4.45. The minimum absolute atomic E-state index is 0.0430. The molecule has 162 valence electrons. The highest BCUT2D eigenvalue weighted by Gasteiger charge is 2.56. The number of β-lactam (4-membered cyclic amide) rings is 1. The molecule has 0 bridgehead atoms. The lowest BCUT2D eigenvalue weighted by molar-refractivity contribution is -0.159. The average Bonchev–Trinajstić information content (AvgIpc) is 3.01. The van der Waals surface area contributed by atoms with Gasteiger partial charge in [0.05, 0.1) is 22.8 Å². The van der Waals surface area contributed by atoms with Gasteiger partial charge in [-0.1, -0.05) is 26.0 Å². The first-order chi connectivity index (χ1) is 14.2. The van der Waals surface area contributed by atoms with Gasteiger partial charge in [0.15, 0.2) is 0 Å². The fourth-order valence-corrected chi connectivity index (χ4v) is 5.33. The lowest BCUT2D eigenvalue weighted by Gasteiger charge is -2.45. The summed E-state index contributed by atoms with van der Waals surface area (Å²) in [6.45, 7) is 3.78. The molecular formula is C21H25FN2O5S. The zero-order valence-corrected chi connectivity index (χ0v) is 17.7. The summed E-state index contributed by atoms with van der Waals surface area (Å²) in [5.74, 6) is -1.74. The molecule has 3 atom stereocenters. The second-order valence-corrected chi connectivity index (χ2v) is 9.44. The van der Waals surface area contributed by atoms with E-state index in [1.807, 2.05) is 13.8 Å². The quantitative estimate of drug-likeness (QED) is 0.471. The Bertz CT molecular complexity index is 912. The molecular weight excluding hydrogens is 411 g/mol. The van der Waals surface area contributed by atoms with Crippen molar-refractivity contribution in [2.75, 3.05) is 5.75 Å². The van der Waals surface area contributed by atoms with Gasteiger partial charge in [-0.3, -0.25) is 13.8 Å². The van der Waals surface area contributed by atoms with Crippen molar-refractivity contribution < 1.29 is 27.7 Å². The lowest BCUT2D eigenvalue weighted by Crippen LogP contribution is -2.60. The van der Waals surface area contributed by atoms with Crippen LogP contribution in [0.3, 0.4) is 0 Å². The fourth-order valence-electron chi connectivity index (χ4n) is 3.92. The van der Waals surface area contributed by atoms with Gasteiger partial charge >= 0.3 is 5.97 Å². The number of hydrogen-bond acceptors (Lipinski definition) is 5. The number of nitrogens with zero attached hydrogens (tertiary/aromatic N) is 1. The number of carbonyl (C=O) groups excluding carboxylic acids is 3. The van der Waals surface area contributed by atoms with Crippen LogP contribution >= 0.6 is 0 Å². The van der Waals surface area contributed by atoms with E-state index >= 15 is 0 Å². The number of rotatable bonds is 9. The zero-order chi connectivity index (χ0) is 22.0. The van der Waals surface area contributed by atoms with Crippen molar-refractivity contribution in [1.29, 1.82) is 0 Å². The van der Waals surface area contributed by atoms with Crippen molar-refractivity contribution in [2.24, 2.45) is 17.6 Å². The molecule has 1 aromatic carbocycles. The molecule has 2 aliphatic heterocycles. The summed E-state index contributed by atoms with van der Waals surface area (Å²) in [5, 5.41) is 0. The monoisotopic (exact) mass is 436 g/mol. The van der Waals surface area contributed by atoms with Crippen LogP contribution in [0.4, 0.5) is 4.39 Å². The third-order valence-electron chi connectivity index (χ3n) is 5.39. The molecule has 0 spiro atoms. The molecule has 7 nitrogen and oxygen atoms in total. The van der Waals surface area contributed by atoms with E-state index in [-0.39, 0.29) is 48.3 Å². The molecule has 0 aromatic heterocycles. The first-order valence-corrected chi connectivity index (χ1v) is 11.2. The van der Waals surface area contributed by atoms with Crippen molar-refractivity contribution >= 4 is 28.6 Å². The minimum atomic E-state index is -1.53. The number of esters is 1. The van der Waals surface area contributed by atoms with Crippen LogP contribution in [0.15, 0.2) is 34.9 Å². The summed E-state index contributed by atoms with van der Waals surface area (Å²) in [4.78, 5) is 38.2. The van der Waals surface area contributed by atoms with E-state index < -0.39 is 28.5 Å². The van der Waals surface area contributed by atoms with Crippen LogP contribution in [0.2, 0.25) is 0 Å². The van der Waals surface area contributed by atoms with Crippen LogP contribution in [0, 0.1) is 17.7 Å². The maximum absolute atomic E-state index is 13.0. The van der Waals surface area contributed by atoms with Gasteiger partial charge in [0.2, 0.25) is 11.8 Å². The van der Waals surface area contributed by atoms with Gasteiger partial charge in [0, 0.05) is 23.5 Å². The number of ether oxygens (including phenoxy) is 1. The Morgan fingerprint density at radius 3 is 2.57 bits per heavy atom. The molecule has 9 heteroatoms. The predicted molar refractivity (Wildman–Crippen MR) is 108 cm³/mol. The summed E-state index contributed by atoms with van der Waals surface area (Å²) < 4.78 is 31.3. The van der Waals surface area contributed by atoms with Gasteiger partial charge in [-0.05, 0) is 30.0 Å². The van der Waals surface area contributed by atoms with Crippen LogP contribution in [0.25, 0.3) is 0 Å². The van der Waals surface area contributed by atoms with E-state index in [0.717, 1.165) is 0 Å². The number of hydrogen-bond donors (Lipinski definition) is 1. The Balaban J connectivity index is 1.78. The van der Waals surface area contributed by atoms with Crippen molar-refractivity contribution in [3.05, 3.63) is 46.2 Å². The van der Waals surface area contributed by atoms with E-state index in [0.29, 0.717) is 23.3 Å². The average molecular weight is 437 g/mol. The highest BCUT2D eigenvalue weighted by molar-refractivity contribution is 7.89. The fraction of sp³-hybridized carbons (Fsp3) is 0.476. The number of nitrogens with two attached hydrogens (primary N) is 1. The normalized spacial score (nSPS) is 21.5. The Hall–Kier alpha value is -2.55. The topological polar surface area (TPSA) is 107 Å². The molecule has 0 aliphatic carbocycles. The molecule has 1 fully saturated rings. The van der Waals surface area contributed by atoms with Crippen molar-refractivity contribution in [2.45, 2.75) is 45.8 Å². The number of benzene rings is 1. The van der Waals surface area contributed by atoms with Crippen LogP contribution in [-0.4, -0.2) is 38.7 Å². The number of primary amides is 1. The van der Waals surface area contributed by atoms with E-state index in [4.69, 9.17) is 10.5 Å². The number of fused-ring (bicyclic) bond motifs is 1. The summed E-state index contributed by atoms with van der Waals surface area (Å²) >= 11 is 0. The van der Waals surface area contributed by atoms with Gasteiger partial charge in [-0.2, -0.15) is 0 Å². The lowest BCUT2D eigenvalue weighted by atomic mass is 9.79. The third-order valence-corrected chi connectivity index (χ3v) is 6.96. The minimum Gasteiger partial charge on any atom is -0.456 e. The van der Waals surface area contributed by atoms with E-state index in [9.17, 15) is 23.0 Å². The van der Waals surface area contributed by atoms with Gasteiger partial charge in [-0.25, -0.2) is 9.18 Å². The smallest absolute Gasteiger partial charge is 0.356 e. The second-order valence-electron chi connectivity index (χ2n) is 7.84. The largest absolute Gasteiger partial charge is 0.456 e. The molecule has 2 aliphatic rings. The number of amides is 2. The van der Waals surface area contributed by atoms with Gasteiger partial charge < -0.3 is 15.4 Å². The maximum Gasteiger partial charge on any atom is 0.356 e. The zero-order valence-electron chi connectivity index (χ0n) is 16.9. The van der Waals surface area contributed by atoms with Gasteiger partial charge in [-0.15, -0.1) is 0 Å². The Morgan fingerprint density at radius 2 is 1.97 bits per heavy atom. The number of carbonyl (C=O) groups is 3. The van der Waals surface area contributed by atoms with Crippen molar-refractivity contribution in [3.63, 3.8) is 0 Å². The molecule has 0 saturated carbocycles. The molecule has 30 heavy (non-hydrogen) atoms. The highest BCUT2D eigenvalue weighted by atomic mass is 32.2. The van der Waals surface area contributed by atoms with Crippen LogP contribution < -0.4 is 5.73 Å². The van der Waals surface area contributed by atoms with Crippen LogP contribution in [0.5, 0.6) is 0 Å². The molecule has 1 aromatic rings. The highest BCUT2D eigenvalue weighted by Crippen LogP contribution is 2.46. The van der Waals surface area contributed by atoms with Crippen molar-refractivity contribution in [1.82, 2.24) is 4.90 Å². The van der Waals surface area contributed by atoms with E-state index in [1.165, 1.54) is 29.2 Å². The molecule has 2 heterocycles. The SMILES string of the molecule is CC(C)C1C(=O)N2C(C(=O)OCc3ccc(F)cc3)=C(S(=O)CCCC(N)=O)CC12. The second kappa shape index (κ2) is 9.07. The maximum atomic E-state index is 13.0. The number of halogens is 1. The van der Waals surface area contributed by atoms with E-state index in [2.05, 4.69) is 0 Å². The molecule has 3 rings (SSSR count). The molecule has 1 saturated heterocycles. The Labute approximate surface area is 176 Å². The molecule has 2 N–H and O–H groups in total. The summed E-state index contributed by atoms with van der Waals surface area (Å²) in [6, 6.07) is 5.32. The summed E-state index contributed by atoms with van der Waals surface area (Å²) in [7, 11) is -1.53. The first-order valence-electron chi connectivity index (χ1n) is 9.85. The molecule has 2 amide bonds. The van der Waals surface area contributed by atoms with Crippen LogP contribution in [-0.2, 0) is 36.5 Å².